The number of carbonyl (C=O) groups excluding carboxylic acids is 2. The number of unbranched alkanes of at least 4 members (excludes halogenated alkanes) is 32. The lowest BCUT2D eigenvalue weighted by Gasteiger charge is -2.15. The van der Waals surface area contributed by atoms with Crippen molar-refractivity contribution in [3.8, 4) is 0 Å². The van der Waals surface area contributed by atoms with E-state index in [2.05, 4.69) is 62.5 Å². The molecule has 60 heavy (non-hydrogen) atoms. The molecule has 5 nitrogen and oxygen atoms in total. The van der Waals surface area contributed by atoms with Crippen LogP contribution < -0.4 is 0 Å². The molecule has 0 fully saturated rings. The summed E-state index contributed by atoms with van der Waals surface area (Å²) in [5, 5.41) is 9.61. The highest BCUT2D eigenvalue weighted by Crippen LogP contribution is 2.17. The third-order valence-electron chi connectivity index (χ3n) is 11.6. The molecule has 0 saturated carbocycles. The van der Waals surface area contributed by atoms with Gasteiger partial charge in [-0.15, -0.1) is 0 Å². The molecule has 0 heterocycles. The molecular weight excluding hydrogens is 741 g/mol. The molecule has 0 rings (SSSR count). The molecular formula is C55H100O5. The fourth-order valence-corrected chi connectivity index (χ4v) is 7.73. The molecule has 0 spiro atoms. The first-order chi connectivity index (χ1) is 29.6. The van der Waals surface area contributed by atoms with Crippen LogP contribution in [0.1, 0.15) is 271 Å². The predicted octanol–water partition coefficient (Wildman–Crippen LogP) is 17.3. The number of aliphatic hydroxyl groups excluding tert-OH is 1. The summed E-state index contributed by atoms with van der Waals surface area (Å²) in [5.41, 5.74) is 0. The van der Waals surface area contributed by atoms with Crippen LogP contribution in [0.15, 0.2) is 48.6 Å². The van der Waals surface area contributed by atoms with E-state index in [0.29, 0.717) is 12.8 Å². The van der Waals surface area contributed by atoms with Crippen LogP contribution in [0.5, 0.6) is 0 Å². The van der Waals surface area contributed by atoms with E-state index in [0.717, 1.165) is 77.0 Å². The summed E-state index contributed by atoms with van der Waals surface area (Å²) in [6.45, 7) is 4.04. The summed E-state index contributed by atoms with van der Waals surface area (Å²) in [4.78, 5) is 24.4. The SMILES string of the molecule is CC/C=C\C/C=C\C/C=C\C/C=C\CCCCCCC(=O)OC(CO)COC(=O)CCCCCCCCCCCCCCCCCCCCCCCCCCCCCCC. The number of allylic oxidation sites excluding steroid dienone is 8. The molecule has 0 saturated heterocycles. The average molecular weight is 841 g/mol. The number of esters is 2. The molecule has 0 aliphatic rings. The maximum Gasteiger partial charge on any atom is 0.306 e. The summed E-state index contributed by atoms with van der Waals surface area (Å²) < 4.78 is 10.7. The third kappa shape index (κ3) is 48.5. The van der Waals surface area contributed by atoms with Crippen LogP contribution >= 0.6 is 0 Å². The van der Waals surface area contributed by atoms with Crippen molar-refractivity contribution in [3.63, 3.8) is 0 Å². The first-order valence-electron chi connectivity index (χ1n) is 26.2. The van der Waals surface area contributed by atoms with E-state index in [9.17, 15) is 14.7 Å². The topological polar surface area (TPSA) is 72.8 Å². The van der Waals surface area contributed by atoms with Crippen molar-refractivity contribution < 1.29 is 24.2 Å². The summed E-state index contributed by atoms with van der Waals surface area (Å²) in [7, 11) is 0. The summed E-state index contributed by atoms with van der Waals surface area (Å²) in [6.07, 6.45) is 66.5. The van der Waals surface area contributed by atoms with Gasteiger partial charge in [0.15, 0.2) is 6.10 Å². The molecule has 0 amide bonds. The van der Waals surface area contributed by atoms with Crippen molar-refractivity contribution in [1.82, 2.24) is 0 Å². The molecule has 1 N–H and O–H groups in total. The maximum atomic E-state index is 12.2. The van der Waals surface area contributed by atoms with Crippen molar-refractivity contribution in [2.75, 3.05) is 13.2 Å². The lowest BCUT2D eigenvalue weighted by molar-refractivity contribution is -0.161. The standard InChI is InChI=1S/C55H100O5/c1-3-5-7-9-11-13-15-17-19-21-22-23-24-25-26-27-28-29-30-31-32-34-35-37-39-41-43-45-47-49-54(57)59-52-53(51-56)60-55(58)50-48-46-44-42-40-38-36-33-20-18-16-14-12-10-8-6-4-2/h6,8,12,14,18,20,36,38,53,56H,3-5,7,9-11,13,15-17,19,21-35,37,39-52H2,1-2H3/b8-6-,14-12-,20-18-,38-36-. The summed E-state index contributed by atoms with van der Waals surface area (Å²) in [5.74, 6) is -0.609. The lowest BCUT2D eigenvalue weighted by Crippen LogP contribution is -2.28. The predicted molar refractivity (Wildman–Crippen MR) is 261 cm³/mol. The zero-order valence-electron chi connectivity index (χ0n) is 40.0. The minimum atomic E-state index is -0.784. The van der Waals surface area contributed by atoms with Gasteiger partial charge >= 0.3 is 11.9 Å². The maximum absolute atomic E-state index is 12.2. The smallest absolute Gasteiger partial charge is 0.306 e. The Balaban J connectivity index is 3.45. The van der Waals surface area contributed by atoms with Crippen molar-refractivity contribution in [3.05, 3.63) is 48.6 Å². The first-order valence-corrected chi connectivity index (χ1v) is 26.2. The van der Waals surface area contributed by atoms with Crippen LogP contribution in [0.3, 0.4) is 0 Å². The zero-order valence-corrected chi connectivity index (χ0v) is 40.0. The van der Waals surface area contributed by atoms with Gasteiger partial charge in [-0.3, -0.25) is 9.59 Å². The Morgan fingerprint density at radius 2 is 0.717 bits per heavy atom. The number of hydrogen-bond donors (Lipinski definition) is 1. The number of carbonyl (C=O) groups is 2. The number of rotatable bonds is 48. The Morgan fingerprint density at radius 3 is 1.08 bits per heavy atom. The summed E-state index contributed by atoms with van der Waals surface area (Å²) in [6, 6.07) is 0. The second-order valence-corrected chi connectivity index (χ2v) is 17.6. The van der Waals surface area contributed by atoms with E-state index in [1.165, 1.54) is 167 Å². The van der Waals surface area contributed by atoms with Gasteiger partial charge in [0, 0.05) is 12.8 Å². The van der Waals surface area contributed by atoms with Crippen molar-refractivity contribution in [2.45, 2.75) is 277 Å². The van der Waals surface area contributed by atoms with E-state index in [1.807, 2.05) is 0 Å². The van der Waals surface area contributed by atoms with Crippen molar-refractivity contribution in [1.29, 1.82) is 0 Å². The quantitative estimate of drug-likeness (QED) is 0.0375. The Kier molecular flexibility index (Phi) is 49.4. The number of hydrogen-bond acceptors (Lipinski definition) is 5. The van der Waals surface area contributed by atoms with Gasteiger partial charge in [-0.05, 0) is 51.4 Å². The molecule has 1 unspecified atom stereocenters. The second kappa shape index (κ2) is 51.2. The van der Waals surface area contributed by atoms with E-state index in [4.69, 9.17) is 9.47 Å². The second-order valence-electron chi connectivity index (χ2n) is 17.6. The summed E-state index contributed by atoms with van der Waals surface area (Å²) >= 11 is 0. The molecule has 0 aliphatic heterocycles. The van der Waals surface area contributed by atoms with Gasteiger partial charge in [-0.2, -0.15) is 0 Å². The highest BCUT2D eigenvalue weighted by Gasteiger charge is 2.16. The van der Waals surface area contributed by atoms with Crippen molar-refractivity contribution in [2.24, 2.45) is 0 Å². The Bertz CT molecular complexity index is 997. The van der Waals surface area contributed by atoms with Gasteiger partial charge in [0.05, 0.1) is 6.61 Å². The van der Waals surface area contributed by atoms with Gasteiger partial charge in [0.25, 0.3) is 0 Å². The number of ether oxygens (including phenoxy) is 2. The Labute approximate surface area is 373 Å². The highest BCUT2D eigenvalue weighted by atomic mass is 16.6. The van der Waals surface area contributed by atoms with E-state index in [1.54, 1.807) is 0 Å². The van der Waals surface area contributed by atoms with Crippen LogP contribution in [0, 0.1) is 0 Å². The molecule has 350 valence electrons. The average Bonchev–Trinajstić information content (AvgIpc) is 3.25. The minimum absolute atomic E-state index is 0.0739. The van der Waals surface area contributed by atoms with Crippen LogP contribution in [-0.4, -0.2) is 36.4 Å². The molecule has 0 aromatic heterocycles. The zero-order chi connectivity index (χ0) is 43.5. The molecule has 0 bridgehead atoms. The minimum Gasteiger partial charge on any atom is -0.462 e. The first kappa shape index (κ1) is 57.9. The monoisotopic (exact) mass is 841 g/mol. The fourth-order valence-electron chi connectivity index (χ4n) is 7.73. The Hall–Kier alpha value is -2.14. The van der Waals surface area contributed by atoms with Crippen molar-refractivity contribution >= 4 is 11.9 Å². The molecule has 0 radical (unpaired) electrons. The van der Waals surface area contributed by atoms with Crippen LogP contribution in [0.4, 0.5) is 0 Å². The van der Waals surface area contributed by atoms with Gasteiger partial charge in [0.1, 0.15) is 6.61 Å². The molecule has 0 aromatic rings. The van der Waals surface area contributed by atoms with Gasteiger partial charge in [-0.1, -0.05) is 255 Å². The highest BCUT2D eigenvalue weighted by molar-refractivity contribution is 5.70. The molecule has 0 aliphatic carbocycles. The molecule has 1 atom stereocenters. The fraction of sp³-hybridized carbons (Fsp3) is 0.818. The normalized spacial score (nSPS) is 12.5. The molecule has 5 heteroatoms. The largest absolute Gasteiger partial charge is 0.462 e. The van der Waals surface area contributed by atoms with Crippen LogP contribution in [-0.2, 0) is 19.1 Å². The van der Waals surface area contributed by atoms with E-state index >= 15 is 0 Å². The van der Waals surface area contributed by atoms with Gasteiger partial charge in [-0.25, -0.2) is 0 Å². The third-order valence-corrected chi connectivity index (χ3v) is 11.6. The van der Waals surface area contributed by atoms with E-state index < -0.39 is 6.10 Å². The van der Waals surface area contributed by atoms with Gasteiger partial charge < -0.3 is 14.6 Å². The van der Waals surface area contributed by atoms with Gasteiger partial charge in [0.2, 0.25) is 0 Å². The van der Waals surface area contributed by atoms with Crippen LogP contribution in [0.25, 0.3) is 0 Å². The molecule has 0 aromatic carbocycles. The van der Waals surface area contributed by atoms with Crippen LogP contribution in [0.2, 0.25) is 0 Å². The Morgan fingerprint density at radius 1 is 0.400 bits per heavy atom. The lowest BCUT2D eigenvalue weighted by atomic mass is 10.0. The number of aliphatic hydroxyl groups is 1. The van der Waals surface area contributed by atoms with E-state index in [-0.39, 0.29) is 25.2 Å².